The van der Waals surface area contributed by atoms with Crippen molar-refractivity contribution in [2.75, 3.05) is 10.6 Å². The first-order chi connectivity index (χ1) is 8.61. The average molecular weight is 279 g/mol. The number of nitrogens with zero attached hydrogens (tertiary/aromatic N) is 1. The van der Waals surface area contributed by atoms with E-state index in [1.807, 2.05) is 24.3 Å². The summed E-state index contributed by atoms with van der Waals surface area (Å²) in [4.78, 5) is 2.24. The Labute approximate surface area is 116 Å². The molecule has 2 aromatic rings. The summed E-state index contributed by atoms with van der Waals surface area (Å²) in [6.45, 7) is 1.71. The summed E-state index contributed by atoms with van der Waals surface area (Å²) in [5.74, 6) is 0. The molecular weight excluding hydrogens is 267 g/mol. The number of halogens is 2. The molecule has 3 rings (SSSR count). The van der Waals surface area contributed by atoms with Crippen molar-refractivity contribution < 1.29 is 0 Å². The van der Waals surface area contributed by atoms with E-state index in [9.17, 15) is 0 Å². The summed E-state index contributed by atoms with van der Waals surface area (Å²) in [7, 11) is 0. The van der Waals surface area contributed by atoms with Crippen LogP contribution in [-0.2, 0) is 13.1 Å². The van der Waals surface area contributed by atoms with Gasteiger partial charge in [0.2, 0.25) is 0 Å². The molecule has 2 nitrogen and oxygen atoms in total. The molecule has 0 fully saturated rings. The molecule has 0 spiro atoms. The summed E-state index contributed by atoms with van der Waals surface area (Å²) < 4.78 is 0. The Kier molecular flexibility index (Phi) is 2.84. The van der Waals surface area contributed by atoms with E-state index in [1.54, 1.807) is 6.07 Å². The van der Waals surface area contributed by atoms with Gasteiger partial charge < -0.3 is 10.6 Å². The summed E-state index contributed by atoms with van der Waals surface area (Å²) in [6, 6.07) is 11.7. The van der Waals surface area contributed by atoms with Crippen LogP contribution in [0.5, 0.6) is 0 Å². The molecule has 1 aliphatic rings. The molecule has 92 valence electrons. The topological polar surface area (TPSA) is 29.3 Å². The zero-order valence-electron chi connectivity index (χ0n) is 9.66. The lowest BCUT2D eigenvalue weighted by Gasteiger charge is -2.18. The van der Waals surface area contributed by atoms with Crippen LogP contribution >= 0.6 is 23.2 Å². The highest BCUT2D eigenvalue weighted by molar-refractivity contribution is 6.35. The maximum Gasteiger partial charge on any atom is 0.0441 e. The number of fused-ring (bicyclic) bond motifs is 1. The highest BCUT2D eigenvalue weighted by Crippen LogP contribution is 2.32. The average Bonchev–Trinajstić information content (AvgIpc) is 2.70. The molecule has 1 aliphatic heterocycles. The Hall–Kier alpha value is -1.38. The highest BCUT2D eigenvalue weighted by Gasteiger charge is 2.19. The molecule has 0 bridgehead atoms. The van der Waals surface area contributed by atoms with Gasteiger partial charge in [0.1, 0.15) is 0 Å². The van der Waals surface area contributed by atoms with Crippen molar-refractivity contribution in [1.82, 2.24) is 0 Å². The molecule has 2 aromatic carbocycles. The quantitative estimate of drug-likeness (QED) is 0.796. The first-order valence-electron chi connectivity index (χ1n) is 5.70. The third-order valence-corrected chi connectivity index (χ3v) is 3.60. The second kappa shape index (κ2) is 4.38. The molecule has 4 heteroatoms. The van der Waals surface area contributed by atoms with E-state index >= 15 is 0 Å². The lowest BCUT2D eigenvalue weighted by atomic mass is 10.1. The Morgan fingerprint density at radius 2 is 1.56 bits per heavy atom. The summed E-state index contributed by atoms with van der Waals surface area (Å²) in [6.07, 6.45) is 0. The molecule has 2 N–H and O–H groups in total. The zero-order valence-corrected chi connectivity index (χ0v) is 11.2. The van der Waals surface area contributed by atoms with Crippen LogP contribution in [0.15, 0.2) is 36.4 Å². The normalized spacial score (nSPS) is 13.8. The van der Waals surface area contributed by atoms with Crippen molar-refractivity contribution in [3.8, 4) is 0 Å². The fourth-order valence-electron chi connectivity index (χ4n) is 2.32. The van der Waals surface area contributed by atoms with E-state index in [0.29, 0.717) is 10.0 Å². The van der Waals surface area contributed by atoms with Gasteiger partial charge in [-0.3, -0.25) is 0 Å². The standard InChI is InChI=1S/C14H12Cl2N2/c15-11-4-12(16)6-14(5-11)18-7-9-1-2-13(17)3-10(9)8-18/h1-6H,7-8,17H2. The van der Waals surface area contributed by atoms with E-state index < -0.39 is 0 Å². The van der Waals surface area contributed by atoms with Crippen LogP contribution < -0.4 is 10.6 Å². The molecule has 0 saturated heterocycles. The number of nitrogens with two attached hydrogens (primary N) is 1. The van der Waals surface area contributed by atoms with Gasteiger partial charge in [-0.1, -0.05) is 29.3 Å². The summed E-state index contributed by atoms with van der Waals surface area (Å²) in [5, 5.41) is 1.32. The van der Waals surface area contributed by atoms with Crippen LogP contribution in [0.25, 0.3) is 0 Å². The van der Waals surface area contributed by atoms with Crippen molar-refractivity contribution in [3.05, 3.63) is 57.6 Å². The van der Waals surface area contributed by atoms with Gasteiger partial charge in [0.05, 0.1) is 0 Å². The maximum absolute atomic E-state index is 6.03. The van der Waals surface area contributed by atoms with Gasteiger partial charge in [-0.15, -0.1) is 0 Å². The summed E-state index contributed by atoms with van der Waals surface area (Å²) in [5.41, 5.74) is 10.2. The number of rotatable bonds is 1. The van der Waals surface area contributed by atoms with Gasteiger partial charge in [-0.05, 0) is 41.5 Å². The Balaban J connectivity index is 1.93. The lowest BCUT2D eigenvalue weighted by Crippen LogP contribution is -2.14. The van der Waals surface area contributed by atoms with Gasteiger partial charge in [0.25, 0.3) is 0 Å². The van der Waals surface area contributed by atoms with Crippen LogP contribution in [0.4, 0.5) is 11.4 Å². The molecule has 0 saturated carbocycles. The van der Waals surface area contributed by atoms with Gasteiger partial charge in [-0.2, -0.15) is 0 Å². The van der Waals surface area contributed by atoms with Gasteiger partial charge in [0, 0.05) is 34.5 Å². The van der Waals surface area contributed by atoms with E-state index in [-0.39, 0.29) is 0 Å². The Bertz CT molecular complexity index is 590. The van der Waals surface area contributed by atoms with Crippen molar-refractivity contribution >= 4 is 34.6 Å². The molecule has 0 aliphatic carbocycles. The molecule has 0 aromatic heterocycles. The number of nitrogen functional groups attached to an aromatic ring is 1. The minimum absolute atomic E-state index is 0.660. The van der Waals surface area contributed by atoms with E-state index in [1.165, 1.54) is 11.1 Å². The molecule has 0 atom stereocenters. The first-order valence-corrected chi connectivity index (χ1v) is 6.46. The van der Waals surface area contributed by atoms with Crippen LogP contribution in [-0.4, -0.2) is 0 Å². The molecule has 18 heavy (non-hydrogen) atoms. The van der Waals surface area contributed by atoms with Crippen LogP contribution in [0.1, 0.15) is 11.1 Å². The second-order valence-electron chi connectivity index (χ2n) is 4.51. The lowest BCUT2D eigenvalue weighted by molar-refractivity contribution is 0.881. The Morgan fingerprint density at radius 3 is 2.28 bits per heavy atom. The summed E-state index contributed by atoms with van der Waals surface area (Å²) >= 11 is 12.1. The molecule has 0 amide bonds. The molecule has 0 unspecified atom stereocenters. The predicted octanol–water partition coefficient (Wildman–Crippen LogP) is 4.10. The number of hydrogen-bond donors (Lipinski definition) is 1. The maximum atomic E-state index is 6.03. The fourth-order valence-corrected chi connectivity index (χ4v) is 2.83. The number of benzene rings is 2. The zero-order chi connectivity index (χ0) is 12.7. The third kappa shape index (κ3) is 2.14. The molecule has 0 radical (unpaired) electrons. The third-order valence-electron chi connectivity index (χ3n) is 3.17. The fraction of sp³-hybridized carbons (Fsp3) is 0.143. The van der Waals surface area contributed by atoms with Crippen LogP contribution in [0, 0.1) is 0 Å². The highest BCUT2D eigenvalue weighted by atomic mass is 35.5. The number of anilines is 2. The monoisotopic (exact) mass is 278 g/mol. The van der Waals surface area contributed by atoms with Gasteiger partial charge in [0.15, 0.2) is 0 Å². The van der Waals surface area contributed by atoms with Crippen molar-refractivity contribution in [3.63, 3.8) is 0 Å². The van der Waals surface area contributed by atoms with Crippen molar-refractivity contribution in [2.45, 2.75) is 13.1 Å². The van der Waals surface area contributed by atoms with Crippen molar-refractivity contribution in [2.24, 2.45) is 0 Å². The molecule has 1 heterocycles. The van der Waals surface area contributed by atoms with Crippen LogP contribution in [0.3, 0.4) is 0 Å². The van der Waals surface area contributed by atoms with Gasteiger partial charge in [-0.25, -0.2) is 0 Å². The largest absolute Gasteiger partial charge is 0.399 e. The van der Waals surface area contributed by atoms with E-state index in [2.05, 4.69) is 11.0 Å². The van der Waals surface area contributed by atoms with Crippen molar-refractivity contribution in [1.29, 1.82) is 0 Å². The van der Waals surface area contributed by atoms with Gasteiger partial charge >= 0.3 is 0 Å². The number of hydrogen-bond acceptors (Lipinski definition) is 2. The smallest absolute Gasteiger partial charge is 0.0441 e. The minimum atomic E-state index is 0.660. The second-order valence-corrected chi connectivity index (χ2v) is 5.38. The first kappa shape index (κ1) is 11.7. The van der Waals surface area contributed by atoms with E-state index in [4.69, 9.17) is 28.9 Å². The predicted molar refractivity (Wildman–Crippen MR) is 77.2 cm³/mol. The Morgan fingerprint density at radius 1 is 0.889 bits per heavy atom. The molecular formula is C14H12Cl2N2. The minimum Gasteiger partial charge on any atom is -0.399 e. The van der Waals surface area contributed by atoms with E-state index in [0.717, 1.165) is 24.5 Å². The SMILES string of the molecule is Nc1ccc2c(c1)CN(c1cc(Cl)cc(Cl)c1)C2. The van der Waals surface area contributed by atoms with Crippen LogP contribution in [0.2, 0.25) is 10.0 Å².